The van der Waals surface area contributed by atoms with Crippen LogP contribution in [0.1, 0.15) is 73.4 Å². The number of carboxylic acid groups (broad SMARTS) is 1. The summed E-state index contributed by atoms with van der Waals surface area (Å²) < 4.78 is 25.3. The molecule has 222 valence electrons. The van der Waals surface area contributed by atoms with Crippen molar-refractivity contribution < 1.29 is 28.6 Å². The highest BCUT2D eigenvalue weighted by molar-refractivity contribution is 5.94. The van der Waals surface area contributed by atoms with Crippen molar-refractivity contribution >= 4 is 17.6 Å². The van der Waals surface area contributed by atoms with Crippen LogP contribution in [0.4, 0.5) is 10.1 Å². The van der Waals surface area contributed by atoms with Gasteiger partial charge < -0.3 is 19.9 Å². The maximum absolute atomic E-state index is 14.2. The maximum atomic E-state index is 14.2. The normalized spacial score (nSPS) is 19.7. The standard InChI is InChI=1S/C34H39FN2O5/c1-4-7-8-21-9-11-24(12-10-21)33-31(34(39)40)27(25-13-14-28-29(17-25)42-20-41-28)18-37(33)19-30(38)36-32-22(5-2)15-26(35)16-23(32)6-3/h9-17,27,31,33H,4-8,18-20H2,1-3H3,(H,36,38)(H,39,40)/t27-,31?,33+/m1/s1. The second kappa shape index (κ2) is 12.9. The van der Waals surface area contributed by atoms with Gasteiger partial charge in [-0.25, -0.2) is 4.39 Å². The van der Waals surface area contributed by atoms with E-state index in [-0.39, 0.29) is 31.0 Å². The van der Waals surface area contributed by atoms with Crippen LogP contribution in [-0.2, 0) is 28.9 Å². The average molecular weight is 575 g/mol. The molecule has 3 atom stereocenters. The highest BCUT2D eigenvalue weighted by Gasteiger charge is 2.48. The Labute approximate surface area is 246 Å². The van der Waals surface area contributed by atoms with Crippen LogP contribution in [0.15, 0.2) is 54.6 Å². The summed E-state index contributed by atoms with van der Waals surface area (Å²) >= 11 is 0. The van der Waals surface area contributed by atoms with E-state index in [1.807, 2.05) is 49.1 Å². The third-order valence-corrected chi connectivity index (χ3v) is 8.49. The van der Waals surface area contributed by atoms with E-state index in [0.29, 0.717) is 36.6 Å². The number of benzene rings is 3. The molecule has 1 fully saturated rings. The molecule has 2 N–H and O–H groups in total. The van der Waals surface area contributed by atoms with Gasteiger partial charge in [0, 0.05) is 24.2 Å². The molecule has 0 aromatic heterocycles. The zero-order chi connectivity index (χ0) is 29.8. The average Bonchev–Trinajstić information content (AvgIpc) is 3.61. The maximum Gasteiger partial charge on any atom is 0.309 e. The second-order valence-electron chi connectivity index (χ2n) is 11.2. The molecule has 0 spiro atoms. The van der Waals surface area contributed by atoms with Crippen LogP contribution in [-0.4, -0.2) is 41.8 Å². The summed E-state index contributed by atoms with van der Waals surface area (Å²) in [6.07, 6.45) is 4.29. The van der Waals surface area contributed by atoms with E-state index in [4.69, 9.17) is 9.47 Å². The number of carbonyl (C=O) groups is 2. The van der Waals surface area contributed by atoms with Gasteiger partial charge in [0.2, 0.25) is 12.7 Å². The molecule has 7 nitrogen and oxygen atoms in total. The number of carbonyl (C=O) groups excluding carboxylic acids is 1. The molecule has 3 aromatic carbocycles. The molecule has 3 aromatic rings. The Bertz CT molecular complexity index is 1420. The molecule has 0 aliphatic carbocycles. The Hall–Kier alpha value is -3.91. The molecule has 2 aliphatic rings. The molecular weight excluding hydrogens is 535 g/mol. The number of amides is 1. The lowest BCUT2D eigenvalue weighted by molar-refractivity contribution is -0.143. The molecule has 5 rings (SSSR count). The second-order valence-corrected chi connectivity index (χ2v) is 11.2. The topological polar surface area (TPSA) is 88.1 Å². The van der Waals surface area contributed by atoms with Crippen molar-refractivity contribution in [3.8, 4) is 11.5 Å². The van der Waals surface area contributed by atoms with E-state index in [2.05, 4.69) is 24.4 Å². The lowest BCUT2D eigenvalue weighted by Crippen LogP contribution is -2.35. The number of hydrogen-bond donors (Lipinski definition) is 2. The number of fused-ring (bicyclic) bond motifs is 1. The predicted molar refractivity (Wildman–Crippen MR) is 160 cm³/mol. The van der Waals surface area contributed by atoms with Crippen molar-refractivity contribution in [3.63, 3.8) is 0 Å². The Balaban J connectivity index is 1.48. The molecule has 0 bridgehead atoms. The first kappa shape index (κ1) is 29.6. The number of unbranched alkanes of at least 4 members (excludes halogenated alkanes) is 1. The molecule has 2 heterocycles. The van der Waals surface area contributed by atoms with E-state index < -0.39 is 17.9 Å². The zero-order valence-electron chi connectivity index (χ0n) is 24.5. The Morgan fingerprint density at radius 1 is 0.952 bits per heavy atom. The van der Waals surface area contributed by atoms with Crippen LogP contribution in [0.3, 0.4) is 0 Å². The third-order valence-electron chi connectivity index (χ3n) is 8.49. The number of ether oxygens (including phenoxy) is 2. The van der Waals surface area contributed by atoms with Crippen LogP contribution < -0.4 is 14.8 Å². The fourth-order valence-corrected chi connectivity index (χ4v) is 6.34. The molecule has 2 aliphatic heterocycles. The Kier molecular flexibility index (Phi) is 9.12. The van der Waals surface area contributed by atoms with E-state index in [9.17, 15) is 19.1 Å². The smallest absolute Gasteiger partial charge is 0.309 e. The fraction of sp³-hybridized carbons (Fsp3) is 0.412. The monoisotopic (exact) mass is 574 g/mol. The van der Waals surface area contributed by atoms with Gasteiger partial charge in [0.1, 0.15) is 5.82 Å². The van der Waals surface area contributed by atoms with Crippen molar-refractivity contribution in [1.82, 2.24) is 4.90 Å². The number of rotatable bonds is 11. The first-order chi connectivity index (χ1) is 20.3. The van der Waals surface area contributed by atoms with E-state index in [1.165, 1.54) is 17.7 Å². The molecule has 0 saturated carbocycles. The molecule has 1 saturated heterocycles. The number of aliphatic carboxylic acids is 1. The van der Waals surface area contributed by atoms with E-state index in [0.717, 1.165) is 41.5 Å². The first-order valence-corrected chi connectivity index (χ1v) is 14.9. The Morgan fingerprint density at radius 3 is 2.26 bits per heavy atom. The van der Waals surface area contributed by atoms with Crippen molar-refractivity contribution in [3.05, 3.63) is 88.2 Å². The van der Waals surface area contributed by atoms with Crippen LogP contribution in [0.25, 0.3) is 0 Å². The van der Waals surface area contributed by atoms with Gasteiger partial charge in [-0.05, 0) is 77.8 Å². The van der Waals surface area contributed by atoms with Crippen LogP contribution in [0.5, 0.6) is 11.5 Å². The van der Waals surface area contributed by atoms with Crippen LogP contribution in [0, 0.1) is 11.7 Å². The molecule has 42 heavy (non-hydrogen) atoms. The first-order valence-electron chi connectivity index (χ1n) is 14.9. The van der Waals surface area contributed by atoms with E-state index >= 15 is 0 Å². The minimum Gasteiger partial charge on any atom is -0.481 e. The van der Waals surface area contributed by atoms with Gasteiger partial charge in [0.15, 0.2) is 11.5 Å². The van der Waals surface area contributed by atoms with Gasteiger partial charge in [-0.1, -0.05) is 57.5 Å². The Morgan fingerprint density at radius 2 is 1.62 bits per heavy atom. The summed E-state index contributed by atoms with van der Waals surface area (Å²) in [4.78, 5) is 28.5. The molecule has 0 radical (unpaired) electrons. The lowest BCUT2D eigenvalue weighted by Gasteiger charge is -2.27. The number of aryl methyl sites for hydroxylation is 3. The summed E-state index contributed by atoms with van der Waals surface area (Å²) in [5.41, 5.74) is 5.02. The van der Waals surface area contributed by atoms with Gasteiger partial charge in [-0.15, -0.1) is 0 Å². The number of carboxylic acids is 1. The summed E-state index contributed by atoms with van der Waals surface area (Å²) in [5, 5.41) is 13.6. The number of nitrogens with zero attached hydrogens (tertiary/aromatic N) is 1. The van der Waals surface area contributed by atoms with Gasteiger partial charge in [-0.2, -0.15) is 0 Å². The number of hydrogen-bond acceptors (Lipinski definition) is 5. The van der Waals surface area contributed by atoms with Crippen molar-refractivity contribution in [1.29, 1.82) is 0 Å². The quantitative estimate of drug-likeness (QED) is 0.272. The molecule has 8 heteroatoms. The molecular formula is C34H39FN2O5. The number of likely N-dealkylation sites (tertiary alicyclic amines) is 1. The van der Waals surface area contributed by atoms with Crippen LogP contribution >= 0.6 is 0 Å². The minimum absolute atomic E-state index is 0.00320. The number of nitrogens with one attached hydrogen (secondary N) is 1. The van der Waals surface area contributed by atoms with Gasteiger partial charge in [0.25, 0.3) is 0 Å². The minimum atomic E-state index is -0.916. The van der Waals surface area contributed by atoms with Gasteiger partial charge in [-0.3, -0.25) is 14.5 Å². The summed E-state index contributed by atoms with van der Waals surface area (Å²) in [6, 6.07) is 16.1. The van der Waals surface area contributed by atoms with Gasteiger partial charge >= 0.3 is 5.97 Å². The zero-order valence-corrected chi connectivity index (χ0v) is 24.5. The lowest BCUT2D eigenvalue weighted by atomic mass is 9.82. The summed E-state index contributed by atoms with van der Waals surface area (Å²) in [6.45, 7) is 6.51. The fourth-order valence-electron chi connectivity index (χ4n) is 6.34. The van der Waals surface area contributed by atoms with Gasteiger partial charge in [0.05, 0.1) is 12.5 Å². The highest BCUT2D eigenvalue weighted by Crippen LogP contribution is 2.47. The summed E-state index contributed by atoms with van der Waals surface area (Å²) in [7, 11) is 0. The van der Waals surface area contributed by atoms with Crippen molar-refractivity contribution in [2.75, 3.05) is 25.2 Å². The summed E-state index contributed by atoms with van der Waals surface area (Å²) in [5.74, 6) is -1.43. The SMILES string of the molecule is CCCCc1ccc([C@H]2C(C(=O)O)[C@@H](c3ccc4c(c3)OCO4)CN2CC(=O)Nc2c(CC)cc(F)cc2CC)cc1. The largest absolute Gasteiger partial charge is 0.481 e. The highest BCUT2D eigenvalue weighted by atomic mass is 19.1. The predicted octanol–water partition coefficient (Wildman–Crippen LogP) is 6.50. The van der Waals surface area contributed by atoms with Crippen LogP contribution in [0.2, 0.25) is 0 Å². The van der Waals surface area contributed by atoms with Crippen molar-refractivity contribution in [2.45, 2.75) is 64.8 Å². The molecule has 1 amide bonds. The third kappa shape index (κ3) is 6.14. The van der Waals surface area contributed by atoms with Crippen molar-refractivity contribution in [2.24, 2.45) is 5.92 Å². The van der Waals surface area contributed by atoms with E-state index in [1.54, 1.807) is 0 Å². The number of halogens is 1. The number of anilines is 1. The molecule has 1 unspecified atom stereocenters.